The maximum absolute atomic E-state index is 13.1. The molecule has 0 bridgehead atoms. The van der Waals surface area contributed by atoms with Gasteiger partial charge >= 0.3 is 6.36 Å². The van der Waals surface area contributed by atoms with Crippen LogP contribution in [-0.4, -0.2) is 36.8 Å². The summed E-state index contributed by atoms with van der Waals surface area (Å²) in [6.07, 6.45) is -3.69. The Hall–Kier alpha value is -4.29. The van der Waals surface area contributed by atoms with Crippen molar-refractivity contribution in [2.75, 3.05) is 5.32 Å². The van der Waals surface area contributed by atoms with E-state index in [1.165, 1.54) is 41.1 Å². The van der Waals surface area contributed by atoms with Crippen LogP contribution >= 0.6 is 0 Å². The number of alkyl halides is 3. The number of amides is 1. The van der Waals surface area contributed by atoms with Crippen LogP contribution in [0.15, 0.2) is 59.7 Å². The molecule has 0 unspecified atom stereocenters. The van der Waals surface area contributed by atoms with E-state index in [1.807, 2.05) is 0 Å². The van der Waals surface area contributed by atoms with Crippen molar-refractivity contribution in [1.29, 1.82) is 0 Å². The molecule has 13 heteroatoms. The van der Waals surface area contributed by atoms with Gasteiger partial charge in [-0.15, -0.1) is 18.3 Å². The number of aromatic nitrogens is 5. The number of rotatable bonds is 5. The third kappa shape index (κ3) is 4.55. The third-order valence-corrected chi connectivity index (χ3v) is 4.19. The smallest absolute Gasteiger partial charge is 0.406 e. The number of ether oxygens (including phenoxy) is 1. The van der Waals surface area contributed by atoms with Crippen molar-refractivity contribution in [3.8, 4) is 11.4 Å². The number of hydrogen-bond acceptors (Lipinski definition) is 6. The molecule has 0 radical (unpaired) electrons. The molecule has 9 nitrogen and oxygen atoms in total. The summed E-state index contributed by atoms with van der Waals surface area (Å²) >= 11 is 0. The van der Waals surface area contributed by atoms with Crippen LogP contribution in [-0.2, 0) is 11.3 Å². The largest absolute Gasteiger partial charge is 0.573 e. The Bertz CT molecular complexity index is 1330. The Kier molecular flexibility index (Phi) is 5.30. The van der Waals surface area contributed by atoms with Crippen molar-refractivity contribution in [1.82, 2.24) is 24.5 Å². The number of carbonyl (C=O) groups is 1. The second kappa shape index (κ2) is 8.09. The minimum absolute atomic E-state index is 0.0988. The van der Waals surface area contributed by atoms with Gasteiger partial charge in [0.15, 0.2) is 11.2 Å². The summed E-state index contributed by atoms with van der Waals surface area (Å²) in [6.45, 7) is -0.425. The highest BCUT2D eigenvalue weighted by molar-refractivity contribution is 5.90. The zero-order valence-corrected chi connectivity index (χ0v) is 15.9. The van der Waals surface area contributed by atoms with Crippen LogP contribution < -0.4 is 15.6 Å². The normalized spacial score (nSPS) is 11.5. The second-order valence-corrected chi connectivity index (χ2v) is 6.45. The van der Waals surface area contributed by atoms with Crippen LogP contribution in [0.1, 0.15) is 0 Å². The van der Waals surface area contributed by atoms with E-state index >= 15 is 0 Å². The Morgan fingerprint density at radius 3 is 2.41 bits per heavy atom. The number of benzene rings is 2. The zero-order chi connectivity index (χ0) is 22.9. The van der Waals surface area contributed by atoms with E-state index in [2.05, 4.69) is 25.3 Å². The monoisotopic (exact) mass is 448 g/mol. The van der Waals surface area contributed by atoms with Crippen molar-refractivity contribution >= 4 is 22.8 Å². The summed E-state index contributed by atoms with van der Waals surface area (Å²) in [5.74, 6) is -1.50. The fourth-order valence-corrected chi connectivity index (χ4v) is 2.81. The quantitative estimate of drug-likeness (QED) is 0.471. The van der Waals surface area contributed by atoms with Gasteiger partial charge in [0.25, 0.3) is 5.56 Å². The zero-order valence-electron chi connectivity index (χ0n) is 15.9. The summed E-state index contributed by atoms with van der Waals surface area (Å²) in [5.41, 5.74) is 0.0346. The highest BCUT2D eigenvalue weighted by Gasteiger charge is 2.31. The highest BCUT2D eigenvalue weighted by atomic mass is 19.4. The predicted molar refractivity (Wildman–Crippen MR) is 103 cm³/mol. The minimum Gasteiger partial charge on any atom is -0.406 e. The first-order valence-corrected chi connectivity index (χ1v) is 8.92. The maximum Gasteiger partial charge on any atom is 0.573 e. The SMILES string of the molecule is O=C(Cn1cnc2c(nnn2-c2ccc(F)cc2)c1=O)Nc1ccc(OC(F)(F)F)cc1. The van der Waals surface area contributed by atoms with Crippen LogP contribution in [0.2, 0.25) is 0 Å². The number of halogens is 4. The topological polar surface area (TPSA) is 104 Å². The molecule has 0 spiro atoms. The summed E-state index contributed by atoms with van der Waals surface area (Å²) in [6, 6.07) is 9.83. The lowest BCUT2D eigenvalue weighted by molar-refractivity contribution is -0.274. The van der Waals surface area contributed by atoms with Crippen LogP contribution in [0.4, 0.5) is 23.2 Å². The molecule has 32 heavy (non-hydrogen) atoms. The van der Waals surface area contributed by atoms with E-state index in [-0.39, 0.29) is 16.9 Å². The van der Waals surface area contributed by atoms with E-state index in [4.69, 9.17) is 0 Å². The molecule has 1 N–H and O–H groups in total. The lowest BCUT2D eigenvalue weighted by Crippen LogP contribution is -2.28. The van der Waals surface area contributed by atoms with Crippen LogP contribution in [0.25, 0.3) is 16.9 Å². The fraction of sp³-hybridized carbons (Fsp3) is 0.105. The number of nitrogens with one attached hydrogen (secondary N) is 1. The van der Waals surface area contributed by atoms with Crippen LogP contribution in [0.5, 0.6) is 5.75 Å². The van der Waals surface area contributed by atoms with Crippen molar-refractivity contribution in [3.05, 3.63) is 71.0 Å². The second-order valence-electron chi connectivity index (χ2n) is 6.45. The van der Waals surface area contributed by atoms with Crippen LogP contribution in [0.3, 0.4) is 0 Å². The number of nitrogens with zero attached hydrogens (tertiary/aromatic N) is 5. The van der Waals surface area contributed by atoms with E-state index in [1.54, 1.807) is 0 Å². The highest BCUT2D eigenvalue weighted by Crippen LogP contribution is 2.24. The molecule has 0 aliphatic carbocycles. The lowest BCUT2D eigenvalue weighted by Gasteiger charge is -2.10. The number of fused-ring (bicyclic) bond motifs is 1. The summed E-state index contributed by atoms with van der Waals surface area (Å²) in [5, 5.41) is 10.1. The average Bonchev–Trinajstić information content (AvgIpc) is 3.16. The van der Waals surface area contributed by atoms with Crippen molar-refractivity contribution in [2.24, 2.45) is 0 Å². The van der Waals surface area contributed by atoms with Gasteiger partial charge < -0.3 is 10.1 Å². The van der Waals surface area contributed by atoms with Gasteiger partial charge in [0.05, 0.1) is 5.69 Å². The molecule has 2 aromatic heterocycles. The van der Waals surface area contributed by atoms with Gasteiger partial charge in [-0.2, -0.15) is 4.68 Å². The third-order valence-electron chi connectivity index (χ3n) is 4.19. The van der Waals surface area contributed by atoms with Crippen LogP contribution in [0, 0.1) is 5.82 Å². The summed E-state index contributed by atoms with van der Waals surface area (Å²) in [4.78, 5) is 29.0. The molecule has 2 aromatic carbocycles. The van der Waals surface area contributed by atoms with Gasteiger partial charge in [-0.05, 0) is 48.5 Å². The van der Waals surface area contributed by atoms with Gasteiger partial charge in [-0.25, -0.2) is 9.37 Å². The first kappa shape index (κ1) is 21.0. The van der Waals surface area contributed by atoms with Gasteiger partial charge in [-0.1, -0.05) is 5.21 Å². The molecule has 2 heterocycles. The van der Waals surface area contributed by atoms with E-state index in [0.29, 0.717) is 5.69 Å². The van der Waals surface area contributed by atoms with E-state index in [0.717, 1.165) is 23.0 Å². The molecule has 0 saturated heterocycles. The standard InChI is InChI=1S/C19H12F4N6O3/c20-11-1-5-13(6-2-11)29-17-16(26-27-29)18(31)28(10-24-17)9-15(30)25-12-3-7-14(8-4-12)32-19(21,22)23/h1-8,10H,9H2,(H,25,30). The van der Waals surface area contributed by atoms with Gasteiger partial charge in [0.2, 0.25) is 5.91 Å². The Balaban J connectivity index is 1.49. The van der Waals surface area contributed by atoms with E-state index in [9.17, 15) is 27.2 Å². The van der Waals surface area contributed by atoms with Crippen molar-refractivity contribution in [3.63, 3.8) is 0 Å². The molecular formula is C19H12F4N6O3. The van der Waals surface area contributed by atoms with E-state index < -0.39 is 35.9 Å². The van der Waals surface area contributed by atoms with Crippen molar-refractivity contribution < 1.29 is 27.1 Å². The predicted octanol–water partition coefficient (Wildman–Crippen LogP) is 2.65. The molecule has 164 valence electrons. The molecule has 0 atom stereocenters. The molecule has 1 amide bonds. The van der Waals surface area contributed by atoms with Crippen molar-refractivity contribution in [2.45, 2.75) is 12.9 Å². The molecule has 0 aliphatic rings. The first-order valence-electron chi connectivity index (χ1n) is 8.92. The van der Waals surface area contributed by atoms with Gasteiger partial charge in [0.1, 0.15) is 24.4 Å². The molecule has 4 aromatic rings. The Labute approximate surface area is 175 Å². The van der Waals surface area contributed by atoms with Gasteiger partial charge in [-0.3, -0.25) is 14.2 Å². The fourth-order valence-electron chi connectivity index (χ4n) is 2.81. The molecular weight excluding hydrogens is 436 g/mol. The Morgan fingerprint density at radius 2 is 1.75 bits per heavy atom. The molecule has 0 fully saturated rings. The number of anilines is 1. The average molecular weight is 448 g/mol. The Morgan fingerprint density at radius 1 is 1.06 bits per heavy atom. The minimum atomic E-state index is -4.82. The number of hydrogen-bond donors (Lipinski definition) is 1. The summed E-state index contributed by atoms with van der Waals surface area (Å²) in [7, 11) is 0. The number of carbonyl (C=O) groups excluding carboxylic acids is 1. The summed E-state index contributed by atoms with van der Waals surface area (Å²) < 4.78 is 55.7. The lowest BCUT2D eigenvalue weighted by atomic mass is 10.3. The molecule has 4 rings (SSSR count). The molecule has 0 saturated carbocycles. The first-order chi connectivity index (χ1) is 15.2. The van der Waals surface area contributed by atoms with Gasteiger partial charge in [0, 0.05) is 5.69 Å². The molecule has 0 aliphatic heterocycles. The maximum atomic E-state index is 13.1.